The van der Waals surface area contributed by atoms with Crippen LogP contribution in [0, 0.1) is 23.7 Å². The van der Waals surface area contributed by atoms with Crippen molar-refractivity contribution in [2.45, 2.75) is 58.7 Å². The molecule has 0 radical (unpaired) electrons. The fourth-order valence-electron chi connectivity index (χ4n) is 4.89. The molecule has 0 aromatic rings. The molecule has 8 atom stereocenters. The van der Waals surface area contributed by atoms with E-state index in [9.17, 15) is 0 Å². The van der Waals surface area contributed by atoms with Crippen LogP contribution in [0.2, 0.25) is 0 Å². The smallest absolute Gasteiger partial charge is 0.0295 e. The summed E-state index contributed by atoms with van der Waals surface area (Å²) in [6.07, 6.45) is 9.04. The Balaban J connectivity index is 1.47. The SMILES string of the molecule is BrC1C2CCC(C2)C1SC1C2CCC(C2)C1Br. The lowest BCUT2D eigenvalue weighted by atomic mass is 9.99. The normalized spacial score (nSPS) is 60.4. The van der Waals surface area contributed by atoms with Gasteiger partial charge in [0.25, 0.3) is 0 Å². The Morgan fingerprint density at radius 2 is 1.06 bits per heavy atom. The standard InChI is InChI=1S/C14H20Br2S/c15-11-7-1-3-9(5-7)13(11)17-14-10-4-2-8(6-10)12(14)16/h7-14H,1-6H2. The average molecular weight is 380 g/mol. The molecule has 0 spiro atoms. The fraction of sp³-hybridized carbons (Fsp3) is 1.00. The lowest BCUT2D eigenvalue weighted by molar-refractivity contribution is 0.488. The molecule has 4 fully saturated rings. The average Bonchev–Trinajstić information content (AvgIpc) is 3.05. The highest BCUT2D eigenvalue weighted by Crippen LogP contribution is 2.59. The van der Waals surface area contributed by atoms with E-state index in [0.29, 0.717) is 0 Å². The summed E-state index contributed by atoms with van der Waals surface area (Å²) >= 11 is 10.4. The van der Waals surface area contributed by atoms with E-state index in [2.05, 4.69) is 43.6 Å². The van der Waals surface area contributed by atoms with Gasteiger partial charge in [-0.05, 0) is 62.2 Å². The van der Waals surface area contributed by atoms with Crippen molar-refractivity contribution in [3.05, 3.63) is 0 Å². The topological polar surface area (TPSA) is 0 Å². The molecule has 0 aromatic carbocycles. The van der Waals surface area contributed by atoms with E-state index in [0.717, 1.165) is 43.8 Å². The third-order valence-corrected chi connectivity index (χ3v) is 11.1. The quantitative estimate of drug-likeness (QED) is 0.618. The van der Waals surface area contributed by atoms with Crippen LogP contribution in [0.4, 0.5) is 0 Å². The molecule has 0 aliphatic heterocycles. The molecular formula is C14H20Br2S. The van der Waals surface area contributed by atoms with Gasteiger partial charge in [-0.2, -0.15) is 11.8 Å². The van der Waals surface area contributed by atoms with Gasteiger partial charge in [-0.3, -0.25) is 0 Å². The van der Waals surface area contributed by atoms with Crippen LogP contribution in [0.3, 0.4) is 0 Å². The third-order valence-electron chi connectivity index (χ3n) is 5.80. The Bertz CT molecular complexity index is 287. The molecule has 4 aliphatic carbocycles. The number of rotatable bonds is 2. The van der Waals surface area contributed by atoms with Gasteiger partial charge in [-0.25, -0.2) is 0 Å². The Morgan fingerprint density at radius 1 is 0.647 bits per heavy atom. The first-order chi connectivity index (χ1) is 8.24. The van der Waals surface area contributed by atoms with Crippen molar-refractivity contribution in [1.29, 1.82) is 0 Å². The summed E-state index contributed by atoms with van der Waals surface area (Å²) in [5.41, 5.74) is 0. The summed E-state index contributed by atoms with van der Waals surface area (Å²) in [6.45, 7) is 0. The molecule has 3 heteroatoms. The van der Waals surface area contributed by atoms with Gasteiger partial charge >= 0.3 is 0 Å². The van der Waals surface area contributed by atoms with Crippen molar-refractivity contribution >= 4 is 43.6 Å². The van der Waals surface area contributed by atoms with Crippen LogP contribution >= 0.6 is 43.6 Å². The maximum absolute atomic E-state index is 4.01. The number of thioether (sulfide) groups is 1. The first-order valence-electron chi connectivity index (χ1n) is 7.17. The molecule has 0 nitrogen and oxygen atoms in total. The zero-order chi connectivity index (χ0) is 11.6. The van der Waals surface area contributed by atoms with Crippen LogP contribution in [0.15, 0.2) is 0 Å². The van der Waals surface area contributed by atoms with Crippen LogP contribution in [-0.4, -0.2) is 20.2 Å². The minimum atomic E-state index is 0.824. The van der Waals surface area contributed by atoms with Crippen LogP contribution in [0.5, 0.6) is 0 Å². The van der Waals surface area contributed by atoms with Crippen LogP contribution in [-0.2, 0) is 0 Å². The van der Waals surface area contributed by atoms with Gasteiger partial charge in [0, 0.05) is 20.2 Å². The minimum Gasteiger partial charge on any atom is -0.152 e. The molecule has 0 aromatic heterocycles. The van der Waals surface area contributed by atoms with E-state index in [1.54, 1.807) is 0 Å². The van der Waals surface area contributed by atoms with Crippen molar-refractivity contribution < 1.29 is 0 Å². The second-order valence-electron chi connectivity index (χ2n) is 6.62. The van der Waals surface area contributed by atoms with Gasteiger partial charge in [0.15, 0.2) is 0 Å². The minimum absolute atomic E-state index is 0.824. The maximum atomic E-state index is 4.01. The van der Waals surface area contributed by atoms with Crippen LogP contribution in [0.25, 0.3) is 0 Å². The number of hydrogen-bond acceptors (Lipinski definition) is 1. The second kappa shape index (κ2) is 4.41. The summed E-state index contributed by atoms with van der Waals surface area (Å²) in [5.74, 6) is 4.08. The largest absolute Gasteiger partial charge is 0.152 e. The van der Waals surface area contributed by atoms with Gasteiger partial charge in [-0.15, -0.1) is 0 Å². The first kappa shape index (κ1) is 12.1. The molecule has 4 saturated carbocycles. The maximum Gasteiger partial charge on any atom is 0.0295 e. The van der Waals surface area contributed by atoms with Crippen LogP contribution < -0.4 is 0 Å². The van der Waals surface area contributed by atoms with Crippen molar-refractivity contribution in [1.82, 2.24) is 0 Å². The van der Waals surface area contributed by atoms with Gasteiger partial charge < -0.3 is 0 Å². The zero-order valence-corrected chi connectivity index (χ0v) is 14.0. The van der Waals surface area contributed by atoms with Gasteiger partial charge in [0.05, 0.1) is 0 Å². The summed E-state index contributed by atoms with van der Waals surface area (Å²) in [5, 5.41) is 1.86. The van der Waals surface area contributed by atoms with Gasteiger partial charge in [0.1, 0.15) is 0 Å². The van der Waals surface area contributed by atoms with E-state index >= 15 is 0 Å². The van der Waals surface area contributed by atoms with Crippen molar-refractivity contribution in [3.63, 3.8) is 0 Å². The first-order valence-corrected chi connectivity index (χ1v) is 9.95. The van der Waals surface area contributed by atoms with Gasteiger partial charge in [0.2, 0.25) is 0 Å². The molecule has 17 heavy (non-hydrogen) atoms. The van der Waals surface area contributed by atoms with E-state index in [1.165, 1.54) is 38.5 Å². The number of halogens is 2. The lowest BCUT2D eigenvalue weighted by Crippen LogP contribution is -2.32. The number of fused-ring (bicyclic) bond motifs is 4. The zero-order valence-electron chi connectivity index (χ0n) is 10.0. The van der Waals surface area contributed by atoms with E-state index in [1.807, 2.05) is 0 Å². The van der Waals surface area contributed by atoms with Crippen molar-refractivity contribution in [2.24, 2.45) is 23.7 Å². The Kier molecular flexibility index (Phi) is 3.13. The summed E-state index contributed by atoms with van der Waals surface area (Å²) in [7, 11) is 0. The molecule has 4 aliphatic rings. The highest BCUT2D eigenvalue weighted by molar-refractivity contribution is 9.10. The van der Waals surface area contributed by atoms with Crippen molar-refractivity contribution in [3.8, 4) is 0 Å². The highest BCUT2D eigenvalue weighted by atomic mass is 79.9. The summed E-state index contributed by atoms with van der Waals surface area (Å²) < 4.78 is 0. The number of alkyl halides is 2. The molecule has 4 rings (SSSR count). The molecule has 0 saturated heterocycles. The third kappa shape index (κ3) is 1.81. The predicted molar refractivity (Wildman–Crippen MR) is 82.3 cm³/mol. The monoisotopic (exact) mass is 378 g/mol. The lowest BCUT2D eigenvalue weighted by Gasteiger charge is -2.34. The Labute approximate surface area is 125 Å². The molecule has 0 heterocycles. The summed E-state index contributed by atoms with van der Waals surface area (Å²) in [4.78, 5) is 1.65. The molecule has 0 amide bonds. The van der Waals surface area contributed by atoms with Gasteiger partial charge in [-0.1, -0.05) is 31.9 Å². The highest BCUT2D eigenvalue weighted by Gasteiger charge is 2.52. The fourth-order valence-corrected chi connectivity index (χ4v) is 9.51. The molecular weight excluding hydrogens is 360 g/mol. The van der Waals surface area contributed by atoms with E-state index in [4.69, 9.17) is 0 Å². The van der Waals surface area contributed by atoms with Crippen molar-refractivity contribution in [2.75, 3.05) is 0 Å². The van der Waals surface area contributed by atoms with E-state index < -0.39 is 0 Å². The second-order valence-corrected chi connectivity index (χ2v) is 10.1. The molecule has 0 N–H and O–H groups in total. The summed E-state index contributed by atoms with van der Waals surface area (Å²) in [6, 6.07) is 0. The predicted octanol–water partition coefficient (Wildman–Crippen LogP) is 4.84. The molecule has 96 valence electrons. The number of hydrogen-bond donors (Lipinski definition) is 0. The Morgan fingerprint density at radius 3 is 1.41 bits per heavy atom. The van der Waals surface area contributed by atoms with E-state index in [-0.39, 0.29) is 0 Å². The van der Waals surface area contributed by atoms with Crippen LogP contribution in [0.1, 0.15) is 38.5 Å². The molecule has 8 unspecified atom stereocenters. The Hall–Kier alpha value is 1.31. The molecule has 4 bridgehead atoms.